The van der Waals surface area contributed by atoms with E-state index in [1.54, 1.807) is 7.05 Å². The molecule has 112 valence electrons. The minimum atomic E-state index is 0.445. The Morgan fingerprint density at radius 3 is 2.50 bits per heavy atom. The molecule has 1 aromatic heterocycles. The number of nitrogens with zero attached hydrogens (tertiary/aromatic N) is 4. The maximum atomic E-state index is 5.80. The van der Waals surface area contributed by atoms with Gasteiger partial charge < -0.3 is 20.3 Å². The summed E-state index contributed by atoms with van der Waals surface area (Å²) >= 11 is 0. The molecule has 1 aliphatic carbocycles. The van der Waals surface area contributed by atoms with Crippen LogP contribution in [0.4, 0.5) is 17.8 Å². The van der Waals surface area contributed by atoms with Gasteiger partial charge in [0.1, 0.15) is 0 Å². The highest BCUT2D eigenvalue weighted by Crippen LogP contribution is 2.20. The van der Waals surface area contributed by atoms with Crippen molar-refractivity contribution in [2.24, 2.45) is 0 Å². The number of nitrogens with one attached hydrogen (secondary N) is 2. The first-order chi connectivity index (χ1) is 9.69. The SMILES string of the molecule is CNc1nc(NCCOC2CCCC2)nc(N(C)C)n1. The minimum Gasteiger partial charge on any atom is -0.376 e. The van der Waals surface area contributed by atoms with E-state index >= 15 is 0 Å². The van der Waals surface area contributed by atoms with E-state index in [4.69, 9.17) is 4.74 Å². The normalized spacial score (nSPS) is 15.3. The third-order valence-electron chi connectivity index (χ3n) is 3.29. The van der Waals surface area contributed by atoms with Gasteiger partial charge >= 0.3 is 0 Å². The van der Waals surface area contributed by atoms with Crippen LogP contribution >= 0.6 is 0 Å². The molecule has 0 saturated heterocycles. The molecule has 0 aromatic carbocycles. The Morgan fingerprint density at radius 1 is 1.15 bits per heavy atom. The van der Waals surface area contributed by atoms with Crippen LogP contribution < -0.4 is 15.5 Å². The van der Waals surface area contributed by atoms with Crippen LogP contribution in [0.5, 0.6) is 0 Å². The molecule has 1 saturated carbocycles. The van der Waals surface area contributed by atoms with E-state index in [0.717, 1.165) is 0 Å². The summed E-state index contributed by atoms with van der Waals surface area (Å²) in [6.45, 7) is 1.39. The number of ether oxygens (including phenoxy) is 1. The number of rotatable bonds is 7. The Labute approximate surface area is 120 Å². The number of anilines is 3. The zero-order valence-corrected chi connectivity index (χ0v) is 12.5. The Morgan fingerprint density at radius 2 is 1.85 bits per heavy atom. The largest absolute Gasteiger partial charge is 0.376 e. The summed E-state index contributed by atoms with van der Waals surface area (Å²) < 4.78 is 5.80. The van der Waals surface area contributed by atoms with E-state index in [1.807, 2.05) is 19.0 Å². The van der Waals surface area contributed by atoms with Gasteiger partial charge in [0.05, 0.1) is 12.7 Å². The molecule has 1 aliphatic rings. The summed E-state index contributed by atoms with van der Waals surface area (Å²) in [5.74, 6) is 1.76. The van der Waals surface area contributed by atoms with Crippen molar-refractivity contribution in [2.45, 2.75) is 31.8 Å². The van der Waals surface area contributed by atoms with Crippen LogP contribution in [-0.4, -0.2) is 55.4 Å². The Bertz CT molecular complexity index is 419. The molecule has 20 heavy (non-hydrogen) atoms. The molecule has 0 atom stereocenters. The molecule has 2 N–H and O–H groups in total. The lowest BCUT2D eigenvalue weighted by Crippen LogP contribution is -2.19. The zero-order valence-electron chi connectivity index (χ0n) is 12.5. The first-order valence-corrected chi connectivity index (χ1v) is 7.15. The second kappa shape index (κ2) is 7.23. The standard InChI is InChI=1S/C13H24N6O/c1-14-11-16-12(18-13(17-11)19(2)3)15-8-9-20-10-6-4-5-7-10/h10H,4-9H2,1-3H3,(H2,14,15,16,17,18). The molecule has 0 radical (unpaired) electrons. The Balaban J connectivity index is 1.83. The molecular weight excluding hydrogens is 256 g/mol. The monoisotopic (exact) mass is 280 g/mol. The molecule has 7 heteroatoms. The van der Waals surface area contributed by atoms with E-state index in [2.05, 4.69) is 25.6 Å². The summed E-state index contributed by atoms with van der Waals surface area (Å²) in [7, 11) is 5.60. The summed E-state index contributed by atoms with van der Waals surface area (Å²) in [6.07, 6.45) is 5.42. The van der Waals surface area contributed by atoms with Crippen molar-refractivity contribution in [3.63, 3.8) is 0 Å². The maximum Gasteiger partial charge on any atom is 0.231 e. The van der Waals surface area contributed by atoms with Crippen LogP contribution in [0.1, 0.15) is 25.7 Å². The zero-order chi connectivity index (χ0) is 14.4. The van der Waals surface area contributed by atoms with Crippen molar-refractivity contribution in [1.82, 2.24) is 15.0 Å². The highest BCUT2D eigenvalue weighted by molar-refractivity contribution is 5.42. The van der Waals surface area contributed by atoms with E-state index in [0.29, 0.717) is 37.1 Å². The lowest BCUT2D eigenvalue weighted by molar-refractivity contribution is 0.0658. The molecule has 0 spiro atoms. The molecule has 0 aliphatic heterocycles. The third kappa shape index (κ3) is 4.19. The van der Waals surface area contributed by atoms with Gasteiger partial charge in [0, 0.05) is 27.7 Å². The quantitative estimate of drug-likeness (QED) is 0.730. The fourth-order valence-corrected chi connectivity index (χ4v) is 2.20. The van der Waals surface area contributed by atoms with Crippen molar-refractivity contribution in [3.8, 4) is 0 Å². The number of hydrogen-bond donors (Lipinski definition) is 2. The summed E-state index contributed by atoms with van der Waals surface area (Å²) in [6, 6.07) is 0. The average molecular weight is 280 g/mol. The summed E-state index contributed by atoms with van der Waals surface area (Å²) in [5, 5.41) is 6.12. The minimum absolute atomic E-state index is 0.445. The van der Waals surface area contributed by atoms with E-state index in [9.17, 15) is 0 Å². The fraction of sp³-hybridized carbons (Fsp3) is 0.769. The summed E-state index contributed by atoms with van der Waals surface area (Å²) in [5.41, 5.74) is 0. The molecule has 7 nitrogen and oxygen atoms in total. The fourth-order valence-electron chi connectivity index (χ4n) is 2.20. The average Bonchev–Trinajstić information content (AvgIpc) is 2.96. The maximum absolute atomic E-state index is 5.80. The molecule has 1 heterocycles. The van der Waals surface area contributed by atoms with Gasteiger partial charge in [0.2, 0.25) is 17.8 Å². The second-order valence-electron chi connectivity index (χ2n) is 5.13. The van der Waals surface area contributed by atoms with Crippen LogP contribution in [0.25, 0.3) is 0 Å². The van der Waals surface area contributed by atoms with Crippen molar-refractivity contribution in [3.05, 3.63) is 0 Å². The van der Waals surface area contributed by atoms with Crippen LogP contribution in [-0.2, 0) is 4.74 Å². The van der Waals surface area contributed by atoms with Gasteiger partial charge in [0.25, 0.3) is 0 Å². The Kier molecular flexibility index (Phi) is 5.34. The van der Waals surface area contributed by atoms with Crippen molar-refractivity contribution >= 4 is 17.8 Å². The van der Waals surface area contributed by atoms with E-state index in [1.165, 1.54) is 25.7 Å². The van der Waals surface area contributed by atoms with Gasteiger partial charge in [-0.3, -0.25) is 0 Å². The number of hydrogen-bond acceptors (Lipinski definition) is 7. The van der Waals surface area contributed by atoms with Crippen molar-refractivity contribution in [2.75, 3.05) is 49.8 Å². The molecule has 2 rings (SSSR count). The first-order valence-electron chi connectivity index (χ1n) is 7.15. The highest BCUT2D eigenvalue weighted by Gasteiger charge is 2.14. The lowest BCUT2D eigenvalue weighted by atomic mass is 10.3. The van der Waals surface area contributed by atoms with Crippen molar-refractivity contribution < 1.29 is 4.74 Å². The Hall–Kier alpha value is -1.63. The van der Waals surface area contributed by atoms with Gasteiger partial charge in [-0.2, -0.15) is 15.0 Å². The van der Waals surface area contributed by atoms with Crippen LogP contribution in [0.15, 0.2) is 0 Å². The van der Waals surface area contributed by atoms with Gasteiger partial charge in [-0.25, -0.2) is 0 Å². The molecule has 0 amide bonds. The van der Waals surface area contributed by atoms with E-state index in [-0.39, 0.29) is 0 Å². The van der Waals surface area contributed by atoms with Crippen LogP contribution in [0.3, 0.4) is 0 Å². The second-order valence-corrected chi connectivity index (χ2v) is 5.13. The van der Waals surface area contributed by atoms with E-state index < -0.39 is 0 Å². The highest BCUT2D eigenvalue weighted by atomic mass is 16.5. The predicted octanol–water partition coefficient (Wildman–Crippen LogP) is 1.35. The molecular formula is C13H24N6O. The van der Waals surface area contributed by atoms with Crippen LogP contribution in [0, 0.1) is 0 Å². The smallest absolute Gasteiger partial charge is 0.231 e. The van der Waals surface area contributed by atoms with Gasteiger partial charge in [-0.1, -0.05) is 12.8 Å². The molecule has 1 aromatic rings. The van der Waals surface area contributed by atoms with Gasteiger partial charge in [-0.15, -0.1) is 0 Å². The molecule has 1 fully saturated rings. The lowest BCUT2D eigenvalue weighted by Gasteiger charge is -2.14. The topological polar surface area (TPSA) is 75.2 Å². The predicted molar refractivity (Wildman–Crippen MR) is 80.4 cm³/mol. The summed E-state index contributed by atoms with van der Waals surface area (Å²) in [4.78, 5) is 14.7. The van der Waals surface area contributed by atoms with Crippen molar-refractivity contribution in [1.29, 1.82) is 0 Å². The molecule has 0 unspecified atom stereocenters. The molecule has 0 bridgehead atoms. The first kappa shape index (κ1) is 14.8. The third-order valence-corrected chi connectivity index (χ3v) is 3.29. The van der Waals surface area contributed by atoms with Gasteiger partial charge in [0.15, 0.2) is 0 Å². The van der Waals surface area contributed by atoms with Gasteiger partial charge in [-0.05, 0) is 12.8 Å². The van der Waals surface area contributed by atoms with Crippen LogP contribution in [0.2, 0.25) is 0 Å². The number of aromatic nitrogens is 3.